The van der Waals surface area contributed by atoms with E-state index in [1.807, 2.05) is 13.8 Å². The molecule has 0 aromatic carbocycles. The summed E-state index contributed by atoms with van der Waals surface area (Å²) in [5.74, 6) is -1.77. The minimum absolute atomic E-state index is 0.0499. The highest BCUT2D eigenvalue weighted by Gasteiger charge is 2.72. The van der Waals surface area contributed by atoms with Crippen LogP contribution >= 0.6 is 0 Å². The highest BCUT2D eigenvalue weighted by atomic mass is 16.8. The minimum atomic E-state index is -1.95. The number of esters is 1. The molecule has 87 heavy (non-hydrogen) atoms. The van der Waals surface area contributed by atoms with Crippen LogP contribution < -0.4 is 5.32 Å². The predicted molar refractivity (Wildman–Crippen MR) is 309 cm³/mol. The molecule has 0 aromatic rings. The summed E-state index contributed by atoms with van der Waals surface area (Å²) in [4.78, 5) is 42.4. The van der Waals surface area contributed by atoms with E-state index in [1.165, 1.54) is 6.92 Å². The lowest BCUT2D eigenvalue weighted by atomic mass is 9.33. The highest BCUT2D eigenvalue weighted by Crippen LogP contribution is 2.76. The van der Waals surface area contributed by atoms with Gasteiger partial charge in [-0.3, -0.25) is 9.59 Å². The Bertz CT molecular complexity index is 2380. The zero-order valence-corrected chi connectivity index (χ0v) is 52.4. The van der Waals surface area contributed by atoms with E-state index < -0.39 is 170 Å². The van der Waals surface area contributed by atoms with Gasteiger partial charge >= 0.3 is 5.97 Å². The summed E-state index contributed by atoms with van der Waals surface area (Å²) in [7, 11) is 0. The predicted octanol–water partition coefficient (Wildman–Crippen LogP) is 2.47. The molecule has 12 N–H and O–H groups in total. The Labute approximate surface area is 512 Å². The number of aliphatic hydroxyl groups is 11. The number of unbranched alkanes of at least 4 members (excludes halogenated alkanes) is 7. The van der Waals surface area contributed by atoms with E-state index in [2.05, 4.69) is 46.0 Å². The molecule has 4 saturated carbocycles. The zero-order valence-electron chi connectivity index (χ0n) is 52.4. The number of ether oxygens (including phenoxy) is 8. The summed E-state index contributed by atoms with van der Waals surface area (Å²) in [5.41, 5.74) is -2.92. The Morgan fingerprint density at radius 3 is 1.98 bits per heavy atom. The van der Waals surface area contributed by atoms with Crippen molar-refractivity contribution < 1.29 is 108 Å². The maximum absolute atomic E-state index is 15.7. The largest absolute Gasteiger partial charge is 0.432 e. The second-order valence-corrected chi connectivity index (χ2v) is 29.3. The van der Waals surface area contributed by atoms with Crippen LogP contribution in [0.15, 0.2) is 11.6 Å². The first-order valence-electron chi connectivity index (χ1n) is 32.7. The maximum Gasteiger partial charge on any atom is 0.317 e. The molecule has 23 heteroatoms. The number of nitrogens with one attached hydrogen (secondary N) is 1. The Morgan fingerprint density at radius 2 is 1.31 bits per heavy atom. The van der Waals surface area contributed by atoms with Crippen molar-refractivity contribution in [3.63, 3.8) is 0 Å². The summed E-state index contributed by atoms with van der Waals surface area (Å²) in [6.07, 6.45) is -11.2. The lowest BCUT2D eigenvalue weighted by molar-refractivity contribution is -0.370. The van der Waals surface area contributed by atoms with Crippen molar-refractivity contribution in [1.29, 1.82) is 0 Å². The summed E-state index contributed by atoms with van der Waals surface area (Å²) in [6.45, 7) is 15.6. The van der Waals surface area contributed by atoms with Gasteiger partial charge in [0.15, 0.2) is 25.0 Å². The second kappa shape index (κ2) is 27.3. The topological polar surface area (TPSA) is 360 Å². The maximum atomic E-state index is 15.7. The van der Waals surface area contributed by atoms with Gasteiger partial charge in [0.25, 0.3) is 0 Å². The molecule has 5 aliphatic carbocycles. The van der Waals surface area contributed by atoms with Crippen molar-refractivity contribution in [2.45, 2.75) is 300 Å². The fraction of sp³-hybridized carbons (Fsp3) is 0.922. The first-order chi connectivity index (χ1) is 41.1. The summed E-state index contributed by atoms with van der Waals surface area (Å²) in [5, 5.41) is 125. The van der Waals surface area contributed by atoms with Gasteiger partial charge in [0.1, 0.15) is 72.7 Å². The SMILES string of the molecule is CC[C@@H]1O[C@@H](OCCCCCCCCCCC(=O)N[C@H]2C(CO)O[C@@H](OC(=O)[C@]34CCC(C)(C)CC3C3=CCC5C6(C)CC[C@H](O)[C@](C)(C=O)[C@@H]6CC[C@]5(C)[C@]3(C)CC4O)C(O[C@@H]3OC(C)[C@H](O[C@@H]4OC[C@@H](O)C(O)C4O)C(O)C3O)C2O)C(O)C1O. The number of allylic oxidation sites excluding steroid dienone is 2. The van der Waals surface area contributed by atoms with E-state index in [4.69, 9.17) is 37.9 Å². The van der Waals surface area contributed by atoms with Crippen LogP contribution in [0.25, 0.3) is 0 Å². The van der Waals surface area contributed by atoms with Crippen molar-refractivity contribution in [2.75, 3.05) is 19.8 Å². The van der Waals surface area contributed by atoms with Crippen molar-refractivity contribution in [3.8, 4) is 0 Å². The molecule has 23 nitrogen and oxygen atoms in total. The molecule has 0 radical (unpaired) electrons. The van der Waals surface area contributed by atoms with E-state index in [0.29, 0.717) is 51.6 Å². The molecule has 4 saturated heterocycles. The third kappa shape index (κ3) is 12.8. The van der Waals surface area contributed by atoms with Crippen LogP contribution in [0, 0.1) is 50.2 Å². The fourth-order valence-corrected chi connectivity index (χ4v) is 17.9. The summed E-state index contributed by atoms with van der Waals surface area (Å²) >= 11 is 0. The van der Waals surface area contributed by atoms with Crippen LogP contribution in [0.5, 0.6) is 0 Å². The molecule has 0 spiro atoms. The normalized spacial score (nSPS) is 48.6. The van der Waals surface area contributed by atoms with Crippen LogP contribution in [0.3, 0.4) is 0 Å². The Kier molecular flexibility index (Phi) is 21.6. The van der Waals surface area contributed by atoms with Gasteiger partial charge in [0.2, 0.25) is 12.2 Å². The van der Waals surface area contributed by atoms with Gasteiger partial charge < -0.3 is 104 Å². The monoisotopic (exact) mass is 1240 g/mol. The van der Waals surface area contributed by atoms with Crippen molar-refractivity contribution >= 4 is 18.2 Å². The van der Waals surface area contributed by atoms with Crippen molar-refractivity contribution in [2.24, 2.45) is 50.2 Å². The Hall–Kier alpha value is -2.37. The molecular formula is C64H105NO22. The van der Waals surface area contributed by atoms with Crippen LogP contribution in [0.2, 0.25) is 0 Å². The van der Waals surface area contributed by atoms with E-state index in [1.54, 1.807) is 0 Å². The molecule has 1 amide bonds. The van der Waals surface area contributed by atoms with Crippen LogP contribution in [0.4, 0.5) is 0 Å². The Balaban J connectivity index is 0.901. The quantitative estimate of drug-likeness (QED) is 0.0321. The number of fused-ring (bicyclic) bond motifs is 7. The number of aliphatic hydroxyl groups excluding tert-OH is 11. The molecule has 4 aliphatic heterocycles. The van der Waals surface area contributed by atoms with Gasteiger partial charge in [-0.1, -0.05) is 98.6 Å². The molecule has 8 fully saturated rings. The Morgan fingerprint density at radius 1 is 0.667 bits per heavy atom. The van der Waals surface area contributed by atoms with E-state index in [0.717, 1.165) is 69.6 Å². The average molecular weight is 1240 g/mol. The number of amides is 1. The summed E-state index contributed by atoms with van der Waals surface area (Å²) in [6, 6.07) is -1.36. The van der Waals surface area contributed by atoms with Crippen LogP contribution in [0.1, 0.15) is 177 Å². The molecular weight excluding hydrogens is 1130 g/mol. The first-order valence-corrected chi connectivity index (χ1v) is 32.7. The van der Waals surface area contributed by atoms with Crippen LogP contribution in [-0.4, -0.2) is 217 Å². The highest BCUT2D eigenvalue weighted by molar-refractivity contribution is 5.80. The van der Waals surface area contributed by atoms with Gasteiger partial charge in [0, 0.05) is 13.0 Å². The molecule has 9 rings (SSSR count). The molecule has 0 aromatic heterocycles. The lowest BCUT2D eigenvalue weighted by Crippen LogP contribution is -2.69. The zero-order chi connectivity index (χ0) is 63.3. The minimum Gasteiger partial charge on any atom is -0.432 e. The number of hydrogen-bond acceptors (Lipinski definition) is 22. The van der Waals surface area contributed by atoms with Gasteiger partial charge in [0.05, 0.1) is 49.1 Å². The molecule has 9 aliphatic rings. The number of aldehydes is 1. The number of carbonyl (C=O) groups excluding carboxylic acids is 3. The number of carbonyl (C=O) groups is 3. The molecule has 498 valence electrons. The number of hydrogen-bond donors (Lipinski definition) is 12. The third-order valence-electron chi connectivity index (χ3n) is 23.5. The fourth-order valence-electron chi connectivity index (χ4n) is 17.9. The van der Waals surface area contributed by atoms with Gasteiger partial charge in [-0.05, 0) is 123 Å². The van der Waals surface area contributed by atoms with Gasteiger partial charge in [-0.2, -0.15) is 0 Å². The van der Waals surface area contributed by atoms with Crippen molar-refractivity contribution in [1.82, 2.24) is 5.32 Å². The van der Waals surface area contributed by atoms with E-state index in [-0.39, 0.29) is 47.3 Å². The average Bonchev–Trinajstić information content (AvgIpc) is 0.908. The van der Waals surface area contributed by atoms with Crippen molar-refractivity contribution in [3.05, 3.63) is 11.6 Å². The third-order valence-corrected chi connectivity index (χ3v) is 23.5. The molecule has 4 heterocycles. The van der Waals surface area contributed by atoms with Gasteiger partial charge in [-0.25, -0.2) is 0 Å². The molecule has 14 unspecified atom stereocenters. The molecule has 28 atom stereocenters. The van der Waals surface area contributed by atoms with E-state index >= 15 is 4.79 Å². The lowest BCUT2D eigenvalue weighted by Gasteiger charge is -2.71. The van der Waals surface area contributed by atoms with E-state index in [9.17, 15) is 65.8 Å². The standard InChI is InChI=1S/C64H105NO22/c1-9-37-46(73)50(77)54(83-37)80-27-17-15-13-11-10-12-14-16-18-43(71)65-44-38(30-66)84-57(53(47(44)74)86-56-51(78)48(75)52(33(2)82-56)85-55-49(76)45(72)36(68)31-81-55)87-58(79)64-26-25-59(3,4)28-35(64)34-19-20-40-60(5)23-22-41(69)61(6,32-67)39(60)21-24-62(40,7)63(34,8)29-42(64)70/h19,32-33,35-42,44-57,66,68-70,72-78H,9-18,20-31H2,1-8H3,(H,65,71)/t33?,35?,36-,37+,38?,39-,40?,41+,42?,44+,45?,46?,47?,48?,49?,50?,51?,52+,53?,54-,55+,56+,57+,60?,61-,62+,63-,64-/m1/s1. The summed E-state index contributed by atoms with van der Waals surface area (Å²) < 4.78 is 47.9. The smallest absolute Gasteiger partial charge is 0.317 e. The second-order valence-electron chi connectivity index (χ2n) is 29.3. The van der Waals surface area contributed by atoms with Gasteiger partial charge in [-0.15, -0.1) is 0 Å². The first kappa shape index (κ1) is 69.0. The molecule has 0 bridgehead atoms. The number of rotatable bonds is 22. The van der Waals surface area contributed by atoms with Crippen LogP contribution in [-0.2, 0) is 52.3 Å².